The molecule has 0 bridgehead atoms. The zero-order valence-electron chi connectivity index (χ0n) is 11.3. The number of rotatable bonds is 5. The highest BCUT2D eigenvalue weighted by Crippen LogP contribution is 2.22. The fourth-order valence-electron chi connectivity index (χ4n) is 1.95. The van der Waals surface area contributed by atoms with Gasteiger partial charge in [0.2, 0.25) is 0 Å². The van der Waals surface area contributed by atoms with E-state index in [0.717, 1.165) is 41.2 Å². The Labute approximate surface area is 122 Å². The number of para-hydroxylation sites is 1. The molecule has 0 aliphatic heterocycles. The molecular formula is C15H18BrN3. The molecule has 0 aliphatic carbocycles. The molecule has 1 heterocycles. The summed E-state index contributed by atoms with van der Waals surface area (Å²) in [4.78, 5) is 8.92. The molecule has 0 radical (unpaired) electrons. The van der Waals surface area contributed by atoms with E-state index in [-0.39, 0.29) is 0 Å². The van der Waals surface area contributed by atoms with E-state index in [2.05, 4.69) is 63.3 Å². The minimum atomic E-state index is 0.822. The van der Waals surface area contributed by atoms with E-state index in [1.807, 2.05) is 12.1 Å². The second kappa shape index (κ2) is 6.66. The topological polar surface area (TPSA) is 37.8 Å². The van der Waals surface area contributed by atoms with Crippen LogP contribution >= 0.6 is 15.9 Å². The number of hydrogen-bond donors (Lipinski definition) is 1. The van der Waals surface area contributed by atoms with Crippen molar-refractivity contribution in [3.05, 3.63) is 46.3 Å². The van der Waals surface area contributed by atoms with E-state index in [4.69, 9.17) is 0 Å². The monoisotopic (exact) mass is 319 g/mol. The Bertz CT molecular complexity index is 555. The second-order valence-electron chi connectivity index (χ2n) is 4.38. The first kappa shape index (κ1) is 14.0. The summed E-state index contributed by atoms with van der Waals surface area (Å²) in [6, 6.07) is 10.2. The van der Waals surface area contributed by atoms with Crippen molar-refractivity contribution in [1.82, 2.24) is 9.97 Å². The Hall–Kier alpha value is -1.42. The highest BCUT2D eigenvalue weighted by molar-refractivity contribution is 9.10. The molecule has 19 heavy (non-hydrogen) atoms. The van der Waals surface area contributed by atoms with E-state index in [1.165, 1.54) is 5.56 Å². The molecule has 0 fully saturated rings. The van der Waals surface area contributed by atoms with Crippen LogP contribution in [0.5, 0.6) is 0 Å². The van der Waals surface area contributed by atoms with Gasteiger partial charge in [-0.1, -0.05) is 32.0 Å². The number of aryl methyl sites for hydroxylation is 2. The molecule has 0 aliphatic rings. The first-order chi connectivity index (χ1) is 9.22. The summed E-state index contributed by atoms with van der Waals surface area (Å²) in [5, 5.41) is 3.38. The van der Waals surface area contributed by atoms with Crippen LogP contribution in [0.3, 0.4) is 0 Å². The minimum Gasteiger partial charge on any atom is -0.340 e. The zero-order valence-corrected chi connectivity index (χ0v) is 12.9. The molecule has 1 N–H and O–H groups in total. The van der Waals surface area contributed by atoms with Gasteiger partial charge in [-0.05, 0) is 40.4 Å². The number of benzene rings is 1. The lowest BCUT2D eigenvalue weighted by atomic mass is 10.1. The predicted molar refractivity (Wildman–Crippen MR) is 82.8 cm³/mol. The maximum atomic E-state index is 4.54. The van der Waals surface area contributed by atoms with Crippen molar-refractivity contribution >= 4 is 27.4 Å². The maximum absolute atomic E-state index is 4.54. The highest BCUT2D eigenvalue weighted by atomic mass is 79.9. The number of nitrogens with zero attached hydrogens (tertiary/aromatic N) is 2. The largest absolute Gasteiger partial charge is 0.340 e. The molecule has 1 aromatic heterocycles. The van der Waals surface area contributed by atoms with Crippen LogP contribution in [-0.4, -0.2) is 9.97 Å². The zero-order chi connectivity index (χ0) is 13.7. The van der Waals surface area contributed by atoms with E-state index < -0.39 is 0 Å². The molecule has 0 amide bonds. The molecular weight excluding hydrogens is 302 g/mol. The van der Waals surface area contributed by atoms with Gasteiger partial charge < -0.3 is 5.32 Å². The third kappa shape index (κ3) is 3.77. The number of anilines is 2. The van der Waals surface area contributed by atoms with Crippen molar-refractivity contribution in [3.8, 4) is 0 Å². The third-order valence-corrected chi connectivity index (χ3v) is 3.28. The number of hydrogen-bond acceptors (Lipinski definition) is 3. The Kier molecular flexibility index (Phi) is 4.91. The molecule has 0 atom stereocenters. The summed E-state index contributed by atoms with van der Waals surface area (Å²) in [6.45, 7) is 4.28. The summed E-state index contributed by atoms with van der Waals surface area (Å²) < 4.78 is 0.822. The van der Waals surface area contributed by atoms with Crippen molar-refractivity contribution in [1.29, 1.82) is 0 Å². The second-order valence-corrected chi connectivity index (χ2v) is 5.19. The van der Waals surface area contributed by atoms with E-state index in [9.17, 15) is 0 Å². The summed E-state index contributed by atoms with van der Waals surface area (Å²) >= 11 is 3.44. The van der Waals surface area contributed by atoms with E-state index in [1.54, 1.807) is 0 Å². The average Bonchev–Trinajstić information content (AvgIpc) is 2.39. The molecule has 0 spiro atoms. The summed E-state index contributed by atoms with van der Waals surface area (Å²) in [6.07, 6.45) is 2.93. The van der Waals surface area contributed by atoms with E-state index in [0.29, 0.717) is 0 Å². The number of nitrogens with one attached hydrogen (secondary N) is 1. The molecule has 0 saturated heterocycles. The van der Waals surface area contributed by atoms with Gasteiger partial charge in [0.1, 0.15) is 16.2 Å². The molecule has 0 saturated carbocycles. The van der Waals surface area contributed by atoms with Crippen LogP contribution in [0.25, 0.3) is 0 Å². The molecule has 4 heteroatoms. The van der Waals surface area contributed by atoms with Crippen molar-refractivity contribution in [2.75, 3.05) is 5.32 Å². The standard InChI is InChI=1S/C15H18BrN3/c1-3-7-14-18-13(16)10-15(19-14)17-12-9-6-5-8-11(12)4-2/h5-6,8-10H,3-4,7H2,1-2H3,(H,17,18,19). The van der Waals surface area contributed by atoms with Crippen molar-refractivity contribution in [2.45, 2.75) is 33.1 Å². The Balaban J connectivity index is 2.27. The first-order valence-corrected chi connectivity index (χ1v) is 7.40. The average molecular weight is 320 g/mol. The van der Waals surface area contributed by atoms with Crippen LogP contribution in [0.2, 0.25) is 0 Å². The quantitative estimate of drug-likeness (QED) is 0.825. The smallest absolute Gasteiger partial charge is 0.135 e. The van der Waals surface area contributed by atoms with Gasteiger partial charge in [-0.25, -0.2) is 9.97 Å². The molecule has 3 nitrogen and oxygen atoms in total. The molecule has 1 aromatic carbocycles. The number of halogens is 1. The Morgan fingerprint density at radius 1 is 1.16 bits per heavy atom. The lowest BCUT2D eigenvalue weighted by Crippen LogP contribution is -2.02. The van der Waals surface area contributed by atoms with Crippen LogP contribution in [-0.2, 0) is 12.8 Å². The molecule has 2 aromatic rings. The van der Waals surface area contributed by atoms with Crippen molar-refractivity contribution in [3.63, 3.8) is 0 Å². The SMILES string of the molecule is CCCc1nc(Br)cc(Nc2ccccc2CC)n1. The fraction of sp³-hybridized carbons (Fsp3) is 0.333. The van der Waals surface area contributed by atoms with Gasteiger partial charge in [0.05, 0.1) is 0 Å². The Morgan fingerprint density at radius 2 is 1.95 bits per heavy atom. The Morgan fingerprint density at radius 3 is 2.68 bits per heavy atom. The summed E-state index contributed by atoms with van der Waals surface area (Å²) in [5.41, 5.74) is 2.40. The fourth-order valence-corrected chi connectivity index (χ4v) is 2.37. The van der Waals surface area contributed by atoms with Gasteiger partial charge in [-0.15, -0.1) is 0 Å². The highest BCUT2D eigenvalue weighted by Gasteiger charge is 2.05. The molecule has 2 rings (SSSR count). The lowest BCUT2D eigenvalue weighted by molar-refractivity contribution is 0.831. The maximum Gasteiger partial charge on any atom is 0.135 e. The van der Waals surface area contributed by atoms with Crippen molar-refractivity contribution < 1.29 is 0 Å². The normalized spacial score (nSPS) is 10.5. The van der Waals surface area contributed by atoms with Crippen LogP contribution in [0, 0.1) is 0 Å². The van der Waals surface area contributed by atoms with Gasteiger partial charge >= 0.3 is 0 Å². The molecule has 100 valence electrons. The van der Waals surface area contributed by atoms with Gasteiger partial charge in [-0.2, -0.15) is 0 Å². The minimum absolute atomic E-state index is 0.822. The van der Waals surface area contributed by atoms with Gasteiger partial charge in [0.15, 0.2) is 0 Å². The van der Waals surface area contributed by atoms with Crippen LogP contribution in [0.4, 0.5) is 11.5 Å². The predicted octanol–water partition coefficient (Wildman–Crippen LogP) is 4.50. The third-order valence-electron chi connectivity index (χ3n) is 2.88. The summed E-state index contributed by atoms with van der Waals surface area (Å²) in [5.74, 6) is 1.71. The van der Waals surface area contributed by atoms with Crippen LogP contribution < -0.4 is 5.32 Å². The number of aromatic nitrogens is 2. The molecule has 0 unspecified atom stereocenters. The van der Waals surface area contributed by atoms with Gasteiger partial charge in [-0.3, -0.25) is 0 Å². The van der Waals surface area contributed by atoms with Crippen molar-refractivity contribution in [2.24, 2.45) is 0 Å². The van der Waals surface area contributed by atoms with Gasteiger partial charge in [0, 0.05) is 18.2 Å². The van der Waals surface area contributed by atoms with Crippen LogP contribution in [0.15, 0.2) is 34.9 Å². The summed E-state index contributed by atoms with van der Waals surface area (Å²) in [7, 11) is 0. The first-order valence-electron chi connectivity index (χ1n) is 6.61. The van der Waals surface area contributed by atoms with E-state index >= 15 is 0 Å². The van der Waals surface area contributed by atoms with Gasteiger partial charge in [0.25, 0.3) is 0 Å². The van der Waals surface area contributed by atoms with Crippen LogP contribution in [0.1, 0.15) is 31.7 Å². The lowest BCUT2D eigenvalue weighted by Gasteiger charge is -2.11.